The molecule has 2 heterocycles. The first-order chi connectivity index (χ1) is 8.22. The van der Waals surface area contributed by atoms with Crippen LogP contribution in [0.5, 0.6) is 0 Å². The maximum atomic E-state index is 11.3. The highest BCUT2D eigenvalue weighted by Gasteiger charge is 2.21. The van der Waals surface area contributed by atoms with Crippen molar-refractivity contribution in [1.29, 1.82) is 0 Å². The molecule has 92 valence electrons. The maximum absolute atomic E-state index is 11.3. The third-order valence-electron chi connectivity index (χ3n) is 2.92. The number of hydrogen-bond acceptors (Lipinski definition) is 5. The Morgan fingerprint density at radius 3 is 2.88 bits per heavy atom. The van der Waals surface area contributed by atoms with E-state index in [9.17, 15) is 4.79 Å². The van der Waals surface area contributed by atoms with Crippen LogP contribution in [0.3, 0.4) is 0 Å². The number of nitrogens with zero attached hydrogens (tertiary/aromatic N) is 3. The van der Waals surface area contributed by atoms with Crippen molar-refractivity contribution < 1.29 is 9.53 Å². The van der Waals surface area contributed by atoms with Crippen LogP contribution in [-0.4, -0.2) is 49.5 Å². The zero-order chi connectivity index (χ0) is 12.3. The summed E-state index contributed by atoms with van der Waals surface area (Å²) < 4.78 is 5.33. The van der Waals surface area contributed by atoms with E-state index in [0.29, 0.717) is 11.7 Å². The van der Waals surface area contributed by atoms with Gasteiger partial charge < -0.3 is 15.0 Å². The molecule has 0 bridgehead atoms. The van der Waals surface area contributed by atoms with Gasteiger partial charge in [-0.15, -0.1) is 10.2 Å². The number of hydrogen-bond donors (Lipinski definition) is 1. The van der Waals surface area contributed by atoms with Gasteiger partial charge in [-0.3, -0.25) is 4.79 Å². The van der Waals surface area contributed by atoms with E-state index in [1.54, 1.807) is 19.2 Å². The summed E-state index contributed by atoms with van der Waals surface area (Å²) in [5.41, 5.74) is 0.326. The zero-order valence-corrected chi connectivity index (χ0v) is 10.0. The lowest BCUT2D eigenvalue weighted by atomic mass is 10.2. The summed E-state index contributed by atoms with van der Waals surface area (Å²) in [6.45, 7) is 1.51. The van der Waals surface area contributed by atoms with Crippen molar-refractivity contribution >= 4 is 11.7 Å². The molecule has 6 nitrogen and oxygen atoms in total. The van der Waals surface area contributed by atoms with Gasteiger partial charge in [-0.2, -0.15) is 0 Å². The average molecular weight is 236 g/mol. The molecule has 1 saturated heterocycles. The molecule has 0 aliphatic carbocycles. The van der Waals surface area contributed by atoms with Gasteiger partial charge in [0, 0.05) is 20.7 Å². The molecule has 1 aliphatic heterocycles. The van der Waals surface area contributed by atoms with E-state index < -0.39 is 0 Å². The number of nitrogens with one attached hydrogen (secondary N) is 1. The second-order valence-corrected chi connectivity index (χ2v) is 3.98. The number of amides is 1. The predicted octanol–water partition coefficient (Wildman–Crippen LogP) is 0.0613. The van der Waals surface area contributed by atoms with Crippen LogP contribution >= 0.6 is 0 Å². The Bertz CT molecular complexity index is 387. The van der Waals surface area contributed by atoms with Crippen LogP contribution < -0.4 is 10.2 Å². The molecular weight excluding hydrogens is 220 g/mol. The molecule has 1 aromatic heterocycles. The molecular formula is C11H16N4O2. The predicted molar refractivity (Wildman–Crippen MR) is 63.0 cm³/mol. The molecule has 0 saturated carbocycles. The van der Waals surface area contributed by atoms with Crippen molar-refractivity contribution in [1.82, 2.24) is 15.5 Å². The van der Waals surface area contributed by atoms with Crippen LogP contribution in [-0.2, 0) is 4.74 Å². The third-order valence-corrected chi connectivity index (χ3v) is 2.92. The van der Waals surface area contributed by atoms with E-state index in [-0.39, 0.29) is 5.91 Å². The molecule has 2 rings (SSSR count). The van der Waals surface area contributed by atoms with Crippen molar-refractivity contribution in [3.63, 3.8) is 0 Å². The minimum absolute atomic E-state index is 0.226. The maximum Gasteiger partial charge on any atom is 0.271 e. The van der Waals surface area contributed by atoms with Crippen molar-refractivity contribution in [2.24, 2.45) is 0 Å². The Morgan fingerprint density at radius 2 is 2.35 bits per heavy atom. The highest BCUT2D eigenvalue weighted by atomic mass is 16.5. The zero-order valence-electron chi connectivity index (χ0n) is 10.0. The third kappa shape index (κ3) is 2.52. The number of carbonyl (C=O) groups is 1. The number of aromatic nitrogens is 2. The van der Waals surface area contributed by atoms with Crippen LogP contribution in [0.15, 0.2) is 12.1 Å². The van der Waals surface area contributed by atoms with Gasteiger partial charge in [-0.1, -0.05) is 0 Å². The van der Waals surface area contributed by atoms with E-state index in [0.717, 1.165) is 25.5 Å². The molecule has 1 aromatic rings. The van der Waals surface area contributed by atoms with Crippen LogP contribution in [0.1, 0.15) is 16.9 Å². The van der Waals surface area contributed by atoms with Gasteiger partial charge in [-0.25, -0.2) is 0 Å². The van der Waals surface area contributed by atoms with E-state index >= 15 is 0 Å². The fourth-order valence-electron chi connectivity index (χ4n) is 1.78. The molecule has 0 radical (unpaired) electrons. The Balaban J connectivity index is 2.09. The molecule has 1 unspecified atom stereocenters. The summed E-state index contributed by atoms with van der Waals surface area (Å²) in [5.74, 6) is 0.532. The van der Waals surface area contributed by atoms with Gasteiger partial charge >= 0.3 is 0 Å². The molecule has 1 aliphatic rings. The Morgan fingerprint density at radius 1 is 1.53 bits per heavy atom. The van der Waals surface area contributed by atoms with E-state index in [1.165, 1.54) is 0 Å². The van der Waals surface area contributed by atoms with E-state index in [2.05, 4.69) is 15.5 Å². The molecule has 17 heavy (non-hydrogen) atoms. The molecule has 1 fully saturated rings. The van der Waals surface area contributed by atoms with Crippen LogP contribution in [0.4, 0.5) is 5.82 Å². The average Bonchev–Trinajstić information content (AvgIpc) is 2.91. The number of likely N-dealkylation sites (N-methyl/N-ethyl adjacent to an activating group) is 1. The Hall–Kier alpha value is -1.69. The SMILES string of the molecule is CNC(=O)c1ccc(N(C)C2CCOC2)nn1. The molecule has 1 N–H and O–H groups in total. The van der Waals surface area contributed by atoms with Gasteiger partial charge in [0.15, 0.2) is 11.5 Å². The van der Waals surface area contributed by atoms with Gasteiger partial charge in [0.05, 0.1) is 12.6 Å². The summed E-state index contributed by atoms with van der Waals surface area (Å²) >= 11 is 0. The first kappa shape index (κ1) is 11.8. The summed E-state index contributed by atoms with van der Waals surface area (Å²) in [6, 6.07) is 3.82. The summed E-state index contributed by atoms with van der Waals surface area (Å²) in [5, 5.41) is 10.5. The highest BCUT2D eigenvalue weighted by molar-refractivity contribution is 5.91. The monoisotopic (exact) mass is 236 g/mol. The quantitative estimate of drug-likeness (QED) is 0.804. The van der Waals surface area contributed by atoms with Crippen molar-refractivity contribution in [3.05, 3.63) is 17.8 Å². The smallest absolute Gasteiger partial charge is 0.271 e. The molecule has 0 spiro atoms. The van der Waals surface area contributed by atoms with E-state index in [1.807, 2.05) is 11.9 Å². The van der Waals surface area contributed by atoms with Crippen molar-refractivity contribution in [2.45, 2.75) is 12.5 Å². The summed E-state index contributed by atoms with van der Waals surface area (Å²) in [7, 11) is 3.53. The fraction of sp³-hybridized carbons (Fsp3) is 0.545. The number of anilines is 1. The minimum atomic E-state index is -0.226. The van der Waals surface area contributed by atoms with E-state index in [4.69, 9.17) is 4.74 Å². The van der Waals surface area contributed by atoms with Gasteiger partial charge in [0.25, 0.3) is 5.91 Å². The molecule has 6 heteroatoms. The minimum Gasteiger partial charge on any atom is -0.379 e. The molecule has 1 amide bonds. The second-order valence-electron chi connectivity index (χ2n) is 3.98. The van der Waals surface area contributed by atoms with Gasteiger partial charge in [0.2, 0.25) is 0 Å². The lowest BCUT2D eigenvalue weighted by Crippen LogP contribution is -2.32. The molecule has 1 atom stereocenters. The Kier molecular flexibility index (Phi) is 3.53. The first-order valence-corrected chi connectivity index (χ1v) is 5.58. The highest BCUT2D eigenvalue weighted by Crippen LogP contribution is 2.17. The fourth-order valence-corrected chi connectivity index (χ4v) is 1.78. The van der Waals surface area contributed by atoms with Gasteiger partial charge in [0.1, 0.15) is 0 Å². The molecule has 0 aromatic carbocycles. The summed E-state index contributed by atoms with van der Waals surface area (Å²) in [4.78, 5) is 13.3. The van der Waals surface area contributed by atoms with Gasteiger partial charge in [-0.05, 0) is 18.6 Å². The van der Waals surface area contributed by atoms with Crippen LogP contribution in [0.25, 0.3) is 0 Å². The normalized spacial score (nSPS) is 19.1. The lowest BCUT2D eigenvalue weighted by Gasteiger charge is -2.23. The first-order valence-electron chi connectivity index (χ1n) is 5.58. The standard InChI is InChI=1S/C11H16N4O2/c1-12-11(16)9-3-4-10(14-13-9)15(2)8-5-6-17-7-8/h3-4,8H,5-7H2,1-2H3,(H,12,16). The van der Waals surface area contributed by atoms with Crippen LogP contribution in [0.2, 0.25) is 0 Å². The van der Waals surface area contributed by atoms with Crippen molar-refractivity contribution in [3.8, 4) is 0 Å². The number of rotatable bonds is 3. The van der Waals surface area contributed by atoms with Crippen molar-refractivity contribution in [2.75, 3.05) is 32.2 Å². The number of ether oxygens (including phenoxy) is 1. The lowest BCUT2D eigenvalue weighted by molar-refractivity contribution is 0.0957. The largest absolute Gasteiger partial charge is 0.379 e. The topological polar surface area (TPSA) is 67.4 Å². The Labute approximate surface area is 100.0 Å². The van der Waals surface area contributed by atoms with Crippen LogP contribution in [0, 0.1) is 0 Å². The summed E-state index contributed by atoms with van der Waals surface area (Å²) in [6.07, 6.45) is 0.995. The number of carbonyl (C=O) groups excluding carboxylic acids is 1. The second kappa shape index (κ2) is 5.09.